The summed E-state index contributed by atoms with van der Waals surface area (Å²) in [6, 6.07) is 10.4. The lowest BCUT2D eigenvalue weighted by molar-refractivity contribution is 0.103. The predicted molar refractivity (Wildman–Crippen MR) is 84.9 cm³/mol. The van der Waals surface area contributed by atoms with Crippen molar-refractivity contribution in [3.05, 3.63) is 69.5 Å². The maximum Gasteiger partial charge on any atom is 0.191 e. The van der Waals surface area contributed by atoms with Gasteiger partial charge in [-0.1, -0.05) is 28.1 Å². The van der Waals surface area contributed by atoms with E-state index < -0.39 is 21.4 Å². The van der Waals surface area contributed by atoms with E-state index in [0.717, 1.165) is 0 Å². The number of sulfone groups is 1. The fourth-order valence-electron chi connectivity index (χ4n) is 2.37. The van der Waals surface area contributed by atoms with Crippen molar-refractivity contribution >= 4 is 37.6 Å². The Labute approximate surface area is 135 Å². The van der Waals surface area contributed by atoms with Crippen LogP contribution in [0.2, 0.25) is 0 Å². The van der Waals surface area contributed by atoms with Gasteiger partial charge in [-0.3, -0.25) is 4.79 Å². The summed E-state index contributed by atoms with van der Waals surface area (Å²) in [5, 5.41) is 0. The second-order valence-electron chi connectivity index (χ2n) is 4.92. The van der Waals surface area contributed by atoms with Crippen LogP contribution in [0.4, 0.5) is 4.39 Å². The van der Waals surface area contributed by atoms with Gasteiger partial charge >= 0.3 is 0 Å². The first kappa shape index (κ1) is 15.1. The Hall–Kier alpha value is -1.79. The average Bonchev–Trinajstić information content (AvgIpc) is 2.48. The lowest BCUT2D eigenvalue weighted by atomic mass is 10.0. The third-order valence-electron chi connectivity index (χ3n) is 3.39. The molecule has 3 rings (SSSR count). The number of Topliss-reactive ketones (excluding diaryl/α,β-unsaturated/α-hetero) is 1. The van der Waals surface area contributed by atoms with E-state index in [2.05, 4.69) is 15.9 Å². The van der Waals surface area contributed by atoms with Crippen molar-refractivity contribution in [1.29, 1.82) is 0 Å². The predicted octanol–water partition coefficient (Wildman–Crippen LogP) is 3.64. The van der Waals surface area contributed by atoms with E-state index in [-0.39, 0.29) is 27.4 Å². The van der Waals surface area contributed by atoms with Crippen LogP contribution < -0.4 is 0 Å². The molecule has 3 nitrogen and oxygen atoms in total. The molecule has 22 heavy (non-hydrogen) atoms. The van der Waals surface area contributed by atoms with Crippen LogP contribution in [-0.2, 0) is 9.84 Å². The van der Waals surface area contributed by atoms with Crippen LogP contribution >= 0.6 is 15.9 Å². The summed E-state index contributed by atoms with van der Waals surface area (Å²) < 4.78 is 39.0. The van der Waals surface area contributed by atoms with Crippen LogP contribution in [0.1, 0.15) is 15.9 Å². The van der Waals surface area contributed by atoms with Gasteiger partial charge in [0.05, 0.1) is 10.6 Å². The Kier molecular flexibility index (Phi) is 3.74. The van der Waals surface area contributed by atoms with E-state index in [4.69, 9.17) is 0 Å². The molecule has 0 aliphatic carbocycles. The standard InChI is InChI=1S/C16H10BrFO3S/c17-12-5-6-14(18)10(8-12)7-11-9-22(20,21)15-4-2-1-3-13(15)16(11)19/h1-8H,9H2/b11-7+. The highest BCUT2D eigenvalue weighted by Gasteiger charge is 2.32. The van der Waals surface area contributed by atoms with Crippen molar-refractivity contribution in [2.45, 2.75) is 4.90 Å². The highest BCUT2D eigenvalue weighted by Crippen LogP contribution is 2.29. The Morgan fingerprint density at radius 3 is 2.64 bits per heavy atom. The van der Waals surface area contributed by atoms with Crippen LogP contribution in [0.15, 0.2) is 57.4 Å². The summed E-state index contributed by atoms with van der Waals surface area (Å²) in [6.07, 6.45) is 1.30. The zero-order valence-electron chi connectivity index (χ0n) is 11.2. The second-order valence-corrected chi connectivity index (χ2v) is 7.79. The van der Waals surface area contributed by atoms with Gasteiger partial charge in [-0.2, -0.15) is 0 Å². The van der Waals surface area contributed by atoms with Crippen LogP contribution in [0, 0.1) is 5.82 Å². The van der Waals surface area contributed by atoms with E-state index in [0.29, 0.717) is 4.47 Å². The monoisotopic (exact) mass is 380 g/mol. The molecule has 0 amide bonds. The van der Waals surface area contributed by atoms with Gasteiger partial charge in [0.2, 0.25) is 0 Å². The molecule has 0 unspecified atom stereocenters. The van der Waals surface area contributed by atoms with Gasteiger partial charge in [0.1, 0.15) is 5.82 Å². The molecule has 0 aromatic heterocycles. The summed E-state index contributed by atoms with van der Waals surface area (Å²) in [6.45, 7) is 0. The highest BCUT2D eigenvalue weighted by molar-refractivity contribution is 9.10. The summed E-state index contributed by atoms with van der Waals surface area (Å²) >= 11 is 3.23. The molecule has 1 heterocycles. The van der Waals surface area contributed by atoms with Gasteiger partial charge in [0, 0.05) is 21.2 Å². The number of halogens is 2. The minimum atomic E-state index is -3.59. The Bertz CT molecular complexity index is 917. The van der Waals surface area contributed by atoms with Crippen LogP contribution in [0.3, 0.4) is 0 Å². The summed E-state index contributed by atoms with van der Waals surface area (Å²) in [5.74, 6) is -1.32. The smallest absolute Gasteiger partial charge is 0.191 e. The number of rotatable bonds is 1. The van der Waals surface area contributed by atoms with Crippen LogP contribution in [0.5, 0.6) is 0 Å². The molecule has 1 aliphatic heterocycles. The van der Waals surface area contributed by atoms with Gasteiger partial charge in [-0.25, -0.2) is 12.8 Å². The molecular weight excluding hydrogens is 371 g/mol. The van der Waals surface area contributed by atoms with Crippen LogP contribution in [0.25, 0.3) is 6.08 Å². The first-order valence-corrected chi connectivity index (χ1v) is 8.85. The fourth-order valence-corrected chi connectivity index (χ4v) is 4.31. The SMILES string of the molecule is O=C1/C(=C/c2cc(Br)ccc2F)CS(=O)(=O)c2ccccc21. The molecule has 1 aliphatic rings. The lowest BCUT2D eigenvalue weighted by Crippen LogP contribution is -2.24. The third-order valence-corrected chi connectivity index (χ3v) is 5.60. The number of hydrogen-bond acceptors (Lipinski definition) is 3. The van der Waals surface area contributed by atoms with E-state index in [1.54, 1.807) is 12.1 Å². The highest BCUT2D eigenvalue weighted by atomic mass is 79.9. The van der Waals surface area contributed by atoms with Gasteiger partial charge < -0.3 is 0 Å². The number of ketones is 1. The molecule has 0 atom stereocenters. The minimum absolute atomic E-state index is 0.0341. The molecule has 112 valence electrons. The van der Waals surface area contributed by atoms with E-state index in [9.17, 15) is 17.6 Å². The van der Waals surface area contributed by atoms with E-state index >= 15 is 0 Å². The van der Waals surface area contributed by atoms with Crippen molar-refractivity contribution in [3.8, 4) is 0 Å². The summed E-state index contributed by atoms with van der Waals surface area (Å²) in [4.78, 5) is 12.5. The van der Waals surface area contributed by atoms with Gasteiger partial charge in [-0.05, 0) is 36.4 Å². The average molecular weight is 381 g/mol. The molecule has 2 aromatic rings. The van der Waals surface area contributed by atoms with Gasteiger partial charge in [0.25, 0.3) is 0 Å². The van der Waals surface area contributed by atoms with E-state index in [1.807, 2.05) is 0 Å². The molecule has 0 fully saturated rings. The van der Waals surface area contributed by atoms with Gasteiger partial charge in [0.15, 0.2) is 15.6 Å². The minimum Gasteiger partial charge on any atom is -0.289 e. The Morgan fingerprint density at radius 1 is 1.14 bits per heavy atom. The number of carbonyl (C=O) groups excluding carboxylic acids is 1. The third kappa shape index (κ3) is 2.64. The van der Waals surface area contributed by atoms with E-state index in [1.165, 1.54) is 36.4 Å². The first-order valence-electron chi connectivity index (χ1n) is 6.40. The molecule has 6 heteroatoms. The van der Waals surface area contributed by atoms with Crippen molar-refractivity contribution in [2.24, 2.45) is 0 Å². The van der Waals surface area contributed by atoms with Crippen LogP contribution in [-0.4, -0.2) is 20.0 Å². The summed E-state index contributed by atoms with van der Waals surface area (Å²) in [5.41, 5.74) is 0.374. The van der Waals surface area contributed by atoms with Crippen molar-refractivity contribution < 1.29 is 17.6 Å². The van der Waals surface area contributed by atoms with Crippen molar-refractivity contribution in [3.63, 3.8) is 0 Å². The maximum absolute atomic E-state index is 13.8. The van der Waals surface area contributed by atoms with Crippen molar-refractivity contribution in [1.82, 2.24) is 0 Å². The molecule has 0 saturated heterocycles. The fraction of sp³-hybridized carbons (Fsp3) is 0.0625. The zero-order chi connectivity index (χ0) is 15.9. The van der Waals surface area contributed by atoms with Gasteiger partial charge in [-0.15, -0.1) is 0 Å². The maximum atomic E-state index is 13.8. The molecule has 0 spiro atoms. The molecule has 0 N–H and O–H groups in total. The number of fused-ring (bicyclic) bond motifs is 1. The normalized spacial score (nSPS) is 18.3. The molecule has 0 saturated carbocycles. The summed E-state index contributed by atoms with van der Waals surface area (Å²) in [7, 11) is -3.59. The molecule has 0 radical (unpaired) electrons. The largest absolute Gasteiger partial charge is 0.289 e. The van der Waals surface area contributed by atoms with Crippen molar-refractivity contribution in [2.75, 3.05) is 5.75 Å². The molecular formula is C16H10BrFO3S. The first-order chi connectivity index (χ1) is 10.4. The zero-order valence-corrected chi connectivity index (χ0v) is 13.6. The number of carbonyl (C=O) groups is 1. The Balaban J connectivity index is 2.16. The topological polar surface area (TPSA) is 51.2 Å². The number of hydrogen-bond donors (Lipinski definition) is 0. The number of benzene rings is 2. The quantitative estimate of drug-likeness (QED) is 0.709. The second kappa shape index (κ2) is 5.44. The molecule has 2 aromatic carbocycles. The Morgan fingerprint density at radius 2 is 1.86 bits per heavy atom. The lowest BCUT2D eigenvalue weighted by Gasteiger charge is -2.17. The molecule has 0 bridgehead atoms.